The van der Waals surface area contributed by atoms with Gasteiger partial charge in [0.2, 0.25) is 5.91 Å². The monoisotopic (exact) mass is 560 g/mol. The molecule has 39 heavy (non-hydrogen) atoms. The number of aliphatic hydroxyl groups excluding tert-OH is 3. The molecule has 0 aromatic heterocycles. The van der Waals surface area contributed by atoms with Gasteiger partial charge in [0.25, 0.3) is 5.09 Å². The van der Waals surface area contributed by atoms with E-state index in [2.05, 4.69) is 4.84 Å². The van der Waals surface area contributed by atoms with Crippen molar-refractivity contribution in [3.05, 3.63) is 64.2 Å². The number of alkyl halides is 3. The van der Waals surface area contributed by atoms with Gasteiger partial charge in [0, 0.05) is 32.4 Å². The molecule has 5 atom stereocenters. The summed E-state index contributed by atoms with van der Waals surface area (Å²) in [4.78, 5) is 27.7. The minimum absolute atomic E-state index is 0.0335. The van der Waals surface area contributed by atoms with E-state index in [1.807, 2.05) is 12.2 Å². The smallest absolute Gasteiger partial charge is 0.416 e. The van der Waals surface area contributed by atoms with Crippen LogP contribution in [0.1, 0.15) is 37.7 Å². The molecule has 0 heterocycles. The van der Waals surface area contributed by atoms with E-state index in [0.717, 1.165) is 12.1 Å². The Morgan fingerprint density at radius 2 is 2.03 bits per heavy atom. The van der Waals surface area contributed by atoms with Crippen LogP contribution in [0.5, 0.6) is 5.75 Å². The molecule has 0 spiro atoms. The predicted octanol–water partition coefficient (Wildman–Crippen LogP) is 3.14. The summed E-state index contributed by atoms with van der Waals surface area (Å²) in [7, 11) is 1.54. The summed E-state index contributed by atoms with van der Waals surface area (Å²) in [5.41, 5.74) is -0.858. The quantitative estimate of drug-likeness (QED) is 0.129. The molecule has 218 valence electrons. The third kappa shape index (κ3) is 11.2. The van der Waals surface area contributed by atoms with Crippen molar-refractivity contribution in [2.24, 2.45) is 11.8 Å². The molecule has 2 rings (SSSR count). The molecule has 0 saturated heterocycles. The van der Waals surface area contributed by atoms with Gasteiger partial charge in [0.05, 0.1) is 17.8 Å². The van der Waals surface area contributed by atoms with Crippen LogP contribution in [0.4, 0.5) is 13.2 Å². The highest BCUT2D eigenvalue weighted by Crippen LogP contribution is 2.36. The fourth-order valence-electron chi connectivity index (χ4n) is 4.27. The Balaban J connectivity index is 1.78. The molecular formula is C26H35F3N2O8. The second kappa shape index (κ2) is 15.4. The number of aliphatic hydroxyl groups is 3. The van der Waals surface area contributed by atoms with Crippen LogP contribution in [0.25, 0.3) is 0 Å². The number of hydrogen-bond acceptors (Lipinski definition) is 8. The highest BCUT2D eigenvalue weighted by molar-refractivity contribution is 5.75. The molecule has 3 N–H and O–H groups in total. The second-order valence-electron chi connectivity index (χ2n) is 9.37. The van der Waals surface area contributed by atoms with E-state index in [-0.39, 0.29) is 50.2 Å². The first kappa shape index (κ1) is 32.1. The number of carbonyl (C=O) groups is 1. The van der Waals surface area contributed by atoms with Crippen LogP contribution < -0.4 is 4.74 Å². The second-order valence-corrected chi connectivity index (χ2v) is 9.37. The van der Waals surface area contributed by atoms with Gasteiger partial charge >= 0.3 is 6.18 Å². The molecular weight excluding hydrogens is 525 g/mol. The number of likely N-dealkylation sites (N-methyl/N-ethyl adjacent to an activating group) is 1. The molecule has 1 aliphatic carbocycles. The Labute approximate surface area is 224 Å². The van der Waals surface area contributed by atoms with Crippen LogP contribution in [-0.2, 0) is 15.8 Å². The van der Waals surface area contributed by atoms with Gasteiger partial charge < -0.3 is 29.8 Å². The lowest BCUT2D eigenvalue weighted by Gasteiger charge is -2.20. The molecule has 1 aromatic carbocycles. The first-order valence-corrected chi connectivity index (χ1v) is 12.6. The van der Waals surface area contributed by atoms with Crippen LogP contribution in [-0.4, -0.2) is 76.3 Å². The third-order valence-corrected chi connectivity index (χ3v) is 6.44. The number of hydrogen-bond donors (Lipinski definition) is 3. The van der Waals surface area contributed by atoms with Gasteiger partial charge in [-0.05, 0) is 43.4 Å². The summed E-state index contributed by atoms with van der Waals surface area (Å²) in [6.07, 6.45) is 1.56. The van der Waals surface area contributed by atoms with Gasteiger partial charge in [-0.1, -0.05) is 30.4 Å². The molecule has 1 amide bonds. The molecule has 1 saturated carbocycles. The van der Waals surface area contributed by atoms with Gasteiger partial charge in [0.15, 0.2) is 0 Å². The van der Waals surface area contributed by atoms with Crippen molar-refractivity contribution < 1.29 is 47.9 Å². The number of carbonyl (C=O) groups excluding carboxylic acids is 1. The van der Waals surface area contributed by atoms with Crippen LogP contribution >= 0.6 is 0 Å². The molecule has 0 aliphatic heterocycles. The van der Waals surface area contributed by atoms with Gasteiger partial charge in [-0.3, -0.25) is 4.79 Å². The predicted molar refractivity (Wildman–Crippen MR) is 134 cm³/mol. The topological polar surface area (TPSA) is 143 Å². The standard InChI is InChI=1S/C26H35F3N2O8/c1-30(13-14-39-31(36)37)25(35)10-5-3-2-4-9-21-22(24(34)16-23(21)33)12-11-19(32)17-38-20-8-6-7-18(15-20)26(27,28)29/h2,4,6-8,11-12,15,19,21-24,32-34H,3,5,9-10,13-14,16-17H2,1H3/b4-2-,12-11+/t19-,21-,22-,23+,24-/m1/s1. The average Bonchev–Trinajstić information content (AvgIpc) is 3.14. The highest BCUT2D eigenvalue weighted by Gasteiger charge is 2.39. The van der Waals surface area contributed by atoms with Crippen molar-refractivity contribution >= 4 is 5.91 Å². The highest BCUT2D eigenvalue weighted by atomic mass is 19.4. The summed E-state index contributed by atoms with van der Waals surface area (Å²) in [5.74, 6) is -0.942. The van der Waals surface area contributed by atoms with Gasteiger partial charge in [-0.15, -0.1) is 10.1 Å². The molecule has 0 unspecified atom stereocenters. The van der Waals surface area contributed by atoms with Crippen LogP contribution in [0.15, 0.2) is 48.6 Å². The number of benzene rings is 1. The van der Waals surface area contributed by atoms with Crippen molar-refractivity contribution in [2.75, 3.05) is 26.8 Å². The van der Waals surface area contributed by atoms with E-state index in [1.165, 1.54) is 30.2 Å². The van der Waals surface area contributed by atoms with Crippen LogP contribution in [0.2, 0.25) is 0 Å². The van der Waals surface area contributed by atoms with E-state index in [0.29, 0.717) is 19.3 Å². The summed E-state index contributed by atoms with van der Waals surface area (Å²) in [6, 6.07) is 4.33. The number of allylic oxidation sites excluding steroid dienone is 2. The van der Waals surface area contributed by atoms with Gasteiger partial charge in [-0.25, -0.2) is 0 Å². The summed E-state index contributed by atoms with van der Waals surface area (Å²) in [6.45, 7) is -0.372. The SMILES string of the molecule is CN(CCO[N+](=O)[O-])C(=O)CCC/C=C\C[C@@H]1[C@@H](/C=C/[C@@H](O)COc2cccc(C(F)(F)F)c2)[C@H](O)C[C@@H]1O. The molecule has 1 aliphatic rings. The maximum atomic E-state index is 12.8. The number of nitrogens with zero attached hydrogens (tertiary/aromatic N) is 2. The van der Waals surface area contributed by atoms with Crippen molar-refractivity contribution in [3.63, 3.8) is 0 Å². The van der Waals surface area contributed by atoms with E-state index in [4.69, 9.17) is 4.74 Å². The molecule has 1 aromatic rings. The van der Waals surface area contributed by atoms with Crippen LogP contribution in [0.3, 0.4) is 0 Å². The molecule has 0 radical (unpaired) electrons. The lowest BCUT2D eigenvalue weighted by Crippen LogP contribution is -2.30. The Bertz CT molecular complexity index is 988. The lowest BCUT2D eigenvalue weighted by molar-refractivity contribution is -0.757. The fourth-order valence-corrected chi connectivity index (χ4v) is 4.27. The number of amides is 1. The van der Waals surface area contributed by atoms with E-state index < -0.39 is 41.1 Å². The van der Waals surface area contributed by atoms with Crippen molar-refractivity contribution in [1.29, 1.82) is 0 Å². The number of unbranched alkanes of at least 4 members (excludes halogenated alkanes) is 1. The molecule has 1 fully saturated rings. The Morgan fingerprint density at radius 1 is 1.28 bits per heavy atom. The minimum atomic E-state index is -4.51. The molecule has 0 bridgehead atoms. The fraction of sp³-hybridized carbons (Fsp3) is 0.577. The summed E-state index contributed by atoms with van der Waals surface area (Å²) in [5, 5.41) is 40.2. The molecule has 13 heteroatoms. The number of rotatable bonds is 15. The van der Waals surface area contributed by atoms with Gasteiger partial charge in [-0.2, -0.15) is 13.2 Å². The normalized spacial score (nSPS) is 22.3. The lowest BCUT2D eigenvalue weighted by atomic mass is 9.89. The van der Waals surface area contributed by atoms with Crippen molar-refractivity contribution in [2.45, 2.75) is 56.6 Å². The minimum Gasteiger partial charge on any atom is -0.491 e. The maximum absolute atomic E-state index is 12.8. The van der Waals surface area contributed by atoms with Crippen LogP contribution in [0, 0.1) is 22.0 Å². The van der Waals surface area contributed by atoms with E-state index in [9.17, 15) is 43.4 Å². The Kier molecular flexibility index (Phi) is 12.7. The summed E-state index contributed by atoms with van der Waals surface area (Å²) >= 11 is 0. The summed E-state index contributed by atoms with van der Waals surface area (Å²) < 4.78 is 43.8. The zero-order chi connectivity index (χ0) is 29.0. The van der Waals surface area contributed by atoms with Gasteiger partial charge in [0.1, 0.15) is 25.1 Å². The zero-order valence-electron chi connectivity index (χ0n) is 21.6. The average molecular weight is 561 g/mol. The Hall–Kier alpha value is -3.16. The van der Waals surface area contributed by atoms with Crippen molar-refractivity contribution in [1.82, 2.24) is 4.90 Å². The van der Waals surface area contributed by atoms with E-state index in [1.54, 1.807) is 6.08 Å². The zero-order valence-corrected chi connectivity index (χ0v) is 21.6. The first-order chi connectivity index (χ1) is 18.4. The number of ether oxygens (including phenoxy) is 1. The Morgan fingerprint density at radius 3 is 2.72 bits per heavy atom. The largest absolute Gasteiger partial charge is 0.491 e. The molecule has 10 nitrogen and oxygen atoms in total. The third-order valence-electron chi connectivity index (χ3n) is 6.44. The van der Waals surface area contributed by atoms with E-state index >= 15 is 0 Å². The number of halogens is 3. The maximum Gasteiger partial charge on any atom is 0.416 e. The van der Waals surface area contributed by atoms with Crippen molar-refractivity contribution in [3.8, 4) is 5.75 Å². The first-order valence-electron chi connectivity index (χ1n) is 12.6.